The third-order valence-corrected chi connectivity index (χ3v) is 4.59. The molecule has 3 rings (SSSR count). The summed E-state index contributed by atoms with van der Waals surface area (Å²) in [6, 6.07) is 10.5. The summed E-state index contributed by atoms with van der Waals surface area (Å²) in [6.45, 7) is 0.0161. The lowest BCUT2D eigenvalue weighted by Gasteiger charge is -2.27. The van der Waals surface area contributed by atoms with Gasteiger partial charge in [0, 0.05) is 10.0 Å². The smallest absolute Gasteiger partial charge is 0.335 e. The van der Waals surface area contributed by atoms with Crippen molar-refractivity contribution in [3.63, 3.8) is 0 Å². The molecule has 0 aromatic heterocycles. The van der Waals surface area contributed by atoms with Crippen LogP contribution >= 0.6 is 27.5 Å². The predicted molar refractivity (Wildman–Crippen MR) is 109 cm³/mol. The summed E-state index contributed by atoms with van der Waals surface area (Å²) in [6.07, 6.45) is 6.56. The Hall–Kier alpha value is -3.08. The normalized spacial score (nSPS) is 15.4. The molecule has 0 unspecified atom stereocenters. The lowest BCUT2D eigenvalue weighted by Crippen LogP contribution is -2.54. The molecule has 0 atom stereocenters. The van der Waals surface area contributed by atoms with Gasteiger partial charge in [0.2, 0.25) is 0 Å². The quantitative estimate of drug-likeness (QED) is 0.429. The number of rotatable bonds is 4. The van der Waals surface area contributed by atoms with E-state index in [2.05, 4.69) is 27.2 Å². The van der Waals surface area contributed by atoms with Crippen LogP contribution in [0.15, 0.2) is 52.5 Å². The molecule has 140 valence electrons. The van der Waals surface area contributed by atoms with E-state index in [1.54, 1.807) is 30.3 Å². The van der Waals surface area contributed by atoms with Crippen LogP contribution in [-0.4, -0.2) is 24.5 Å². The van der Waals surface area contributed by atoms with Crippen LogP contribution < -0.4 is 15.0 Å². The Kier molecular flexibility index (Phi) is 5.83. The van der Waals surface area contributed by atoms with Gasteiger partial charge in [0.05, 0.1) is 10.7 Å². The van der Waals surface area contributed by atoms with Gasteiger partial charge in [-0.05, 0) is 36.4 Å². The standard InChI is InChI=1S/C20H12BrClN2O4/c1-2-9-28-17-8-7-13(21)10-12(17)11-14-18(25)23-20(27)24(19(14)26)16-6-4-3-5-15(16)22/h1,3-8,10-11H,9H2,(H,23,25,27)/b14-11+. The van der Waals surface area contributed by atoms with E-state index < -0.39 is 17.8 Å². The van der Waals surface area contributed by atoms with Crippen LogP contribution in [0.1, 0.15) is 5.56 Å². The number of carbonyl (C=O) groups excluding carboxylic acids is 3. The number of benzene rings is 2. The van der Waals surface area contributed by atoms with Gasteiger partial charge in [0.25, 0.3) is 11.8 Å². The highest BCUT2D eigenvalue weighted by Crippen LogP contribution is 2.30. The molecule has 1 fully saturated rings. The number of nitrogens with zero attached hydrogens (tertiary/aromatic N) is 1. The van der Waals surface area contributed by atoms with Crippen molar-refractivity contribution in [2.45, 2.75) is 0 Å². The average molecular weight is 460 g/mol. The number of nitrogens with one attached hydrogen (secondary N) is 1. The summed E-state index contributed by atoms with van der Waals surface area (Å²) in [5.74, 6) is 1.12. The molecule has 1 N–H and O–H groups in total. The van der Waals surface area contributed by atoms with E-state index in [0.717, 1.165) is 4.90 Å². The Morgan fingerprint density at radius 3 is 2.68 bits per heavy atom. The zero-order chi connectivity index (χ0) is 20.3. The molecule has 1 aliphatic heterocycles. The van der Waals surface area contributed by atoms with Crippen molar-refractivity contribution >= 4 is 57.1 Å². The van der Waals surface area contributed by atoms with E-state index in [1.807, 2.05) is 0 Å². The highest BCUT2D eigenvalue weighted by Gasteiger charge is 2.37. The molecule has 8 heteroatoms. The predicted octanol–water partition coefficient (Wildman–Crippen LogP) is 3.78. The molecule has 2 aromatic rings. The molecule has 1 heterocycles. The van der Waals surface area contributed by atoms with Gasteiger partial charge >= 0.3 is 6.03 Å². The zero-order valence-corrected chi connectivity index (χ0v) is 16.6. The number of barbiturate groups is 1. The molecule has 0 saturated carbocycles. The summed E-state index contributed by atoms with van der Waals surface area (Å²) in [7, 11) is 0. The summed E-state index contributed by atoms with van der Waals surface area (Å²) >= 11 is 9.45. The molecule has 0 bridgehead atoms. The van der Waals surface area contributed by atoms with Gasteiger partial charge in [0.1, 0.15) is 17.9 Å². The number of imide groups is 2. The van der Waals surface area contributed by atoms with Crippen LogP contribution in [0.25, 0.3) is 6.08 Å². The first-order valence-corrected chi connectivity index (χ1v) is 9.11. The maximum Gasteiger partial charge on any atom is 0.335 e. The monoisotopic (exact) mass is 458 g/mol. The molecule has 0 radical (unpaired) electrons. The number of amides is 4. The van der Waals surface area contributed by atoms with Gasteiger partial charge in [-0.25, -0.2) is 9.69 Å². The second kappa shape index (κ2) is 8.30. The maximum atomic E-state index is 12.9. The van der Waals surface area contributed by atoms with Gasteiger partial charge in [0.15, 0.2) is 0 Å². The fraction of sp³-hybridized carbons (Fsp3) is 0.0500. The number of halogens is 2. The molecule has 28 heavy (non-hydrogen) atoms. The van der Waals surface area contributed by atoms with Crippen molar-refractivity contribution in [1.29, 1.82) is 0 Å². The number of terminal acetylenes is 1. The second-order valence-electron chi connectivity index (χ2n) is 5.58. The van der Waals surface area contributed by atoms with Crippen LogP contribution in [0.4, 0.5) is 10.5 Å². The molecular weight excluding hydrogens is 448 g/mol. The van der Waals surface area contributed by atoms with E-state index in [9.17, 15) is 14.4 Å². The van der Waals surface area contributed by atoms with Gasteiger partial charge < -0.3 is 4.74 Å². The number of hydrogen-bond acceptors (Lipinski definition) is 4. The summed E-state index contributed by atoms with van der Waals surface area (Å²) < 4.78 is 6.16. The van der Waals surface area contributed by atoms with Crippen LogP contribution in [0.5, 0.6) is 5.75 Å². The minimum atomic E-state index is -0.877. The van der Waals surface area contributed by atoms with Crippen LogP contribution in [0.3, 0.4) is 0 Å². The number of ether oxygens (including phenoxy) is 1. The summed E-state index contributed by atoms with van der Waals surface area (Å²) in [5, 5.41) is 2.34. The largest absolute Gasteiger partial charge is 0.480 e. The molecule has 4 amide bonds. The van der Waals surface area contributed by atoms with Crippen molar-refractivity contribution < 1.29 is 19.1 Å². The number of hydrogen-bond donors (Lipinski definition) is 1. The first-order valence-electron chi connectivity index (χ1n) is 7.94. The molecule has 0 aliphatic carbocycles. The fourth-order valence-electron chi connectivity index (χ4n) is 2.55. The zero-order valence-electron chi connectivity index (χ0n) is 14.2. The van der Waals surface area contributed by atoms with Crippen LogP contribution in [-0.2, 0) is 9.59 Å². The van der Waals surface area contributed by atoms with Crippen LogP contribution in [0.2, 0.25) is 5.02 Å². The second-order valence-corrected chi connectivity index (χ2v) is 6.91. The highest BCUT2D eigenvalue weighted by atomic mass is 79.9. The maximum absolute atomic E-state index is 12.9. The minimum Gasteiger partial charge on any atom is -0.480 e. The lowest BCUT2D eigenvalue weighted by molar-refractivity contribution is -0.122. The number of anilines is 1. The first-order chi connectivity index (χ1) is 13.4. The Morgan fingerprint density at radius 1 is 1.21 bits per heavy atom. The molecule has 6 nitrogen and oxygen atoms in total. The fourth-order valence-corrected chi connectivity index (χ4v) is 3.15. The lowest BCUT2D eigenvalue weighted by atomic mass is 10.1. The van der Waals surface area contributed by atoms with E-state index in [-0.39, 0.29) is 22.9 Å². The Morgan fingerprint density at radius 2 is 1.96 bits per heavy atom. The van der Waals surface area contributed by atoms with E-state index >= 15 is 0 Å². The molecule has 2 aromatic carbocycles. The number of carbonyl (C=O) groups is 3. The molecule has 1 aliphatic rings. The molecule has 1 saturated heterocycles. The third-order valence-electron chi connectivity index (χ3n) is 3.78. The van der Waals surface area contributed by atoms with Crippen molar-refractivity contribution in [2.24, 2.45) is 0 Å². The minimum absolute atomic E-state index is 0.0161. The van der Waals surface area contributed by atoms with E-state index in [0.29, 0.717) is 15.8 Å². The Bertz CT molecular complexity index is 1060. The van der Waals surface area contributed by atoms with Crippen molar-refractivity contribution in [2.75, 3.05) is 11.5 Å². The van der Waals surface area contributed by atoms with Crippen molar-refractivity contribution in [1.82, 2.24) is 5.32 Å². The Balaban J connectivity index is 2.07. The Labute approximate surface area is 174 Å². The topological polar surface area (TPSA) is 75.7 Å². The SMILES string of the molecule is C#CCOc1ccc(Br)cc1/C=C1\C(=O)NC(=O)N(c2ccccc2Cl)C1=O. The van der Waals surface area contributed by atoms with Gasteiger partial charge in [-0.15, -0.1) is 6.42 Å². The van der Waals surface area contributed by atoms with Gasteiger partial charge in [-0.1, -0.05) is 45.6 Å². The van der Waals surface area contributed by atoms with Crippen LogP contribution in [0, 0.1) is 12.3 Å². The van der Waals surface area contributed by atoms with Crippen molar-refractivity contribution in [3.05, 3.63) is 63.1 Å². The molecular formula is C20H12BrClN2O4. The summed E-state index contributed by atoms with van der Waals surface area (Å²) in [4.78, 5) is 38.3. The first kappa shape index (κ1) is 19.7. The molecule has 0 spiro atoms. The van der Waals surface area contributed by atoms with E-state index in [1.165, 1.54) is 18.2 Å². The summed E-state index contributed by atoms with van der Waals surface area (Å²) in [5.41, 5.74) is 0.364. The van der Waals surface area contributed by atoms with E-state index in [4.69, 9.17) is 22.8 Å². The van der Waals surface area contributed by atoms with Gasteiger partial charge in [-0.3, -0.25) is 14.9 Å². The van der Waals surface area contributed by atoms with Gasteiger partial charge in [-0.2, -0.15) is 0 Å². The third kappa shape index (κ3) is 3.93. The number of para-hydroxylation sites is 1. The number of urea groups is 1. The highest BCUT2D eigenvalue weighted by molar-refractivity contribution is 9.10. The average Bonchev–Trinajstić information content (AvgIpc) is 2.66. The van der Waals surface area contributed by atoms with Crippen molar-refractivity contribution in [3.8, 4) is 18.1 Å².